The molecule has 5 heteroatoms. The van der Waals surface area contributed by atoms with Gasteiger partial charge in [-0.3, -0.25) is 4.79 Å². The number of nitrogens with one attached hydrogen (secondary N) is 2. The second-order valence-electron chi connectivity index (χ2n) is 6.20. The minimum absolute atomic E-state index is 0.0400. The highest BCUT2D eigenvalue weighted by atomic mass is 32.2. The molecule has 1 aliphatic rings. The summed E-state index contributed by atoms with van der Waals surface area (Å²) in [6.45, 7) is 4.49. The van der Waals surface area contributed by atoms with Gasteiger partial charge in [0.25, 0.3) is 0 Å². The summed E-state index contributed by atoms with van der Waals surface area (Å²) in [4.78, 5) is 15.1. The number of morpholine rings is 1. The minimum atomic E-state index is 0.0400. The molecule has 0 bridgehead atoms. The van der Waals surface area contributed by atoms with Crippen LogP contribution in [0.15, 0.2) is 65.6 Å². The van der Waals surface area contributed by atoms with Crippen molar-refractivity contribution < 1.29 is 14.4 Å². The fourth-order valence-electron chi connectivity index (χ4n) is 2.99. The summed E-state index contributed by atoms with van der Waals surface area (Å²) < 4.78 is 5.44. The highest BCUT2D eigenvalue weighted by Crippen LogP contribution is 2.17. The van der Waals surface area contributed by atoms with Crippen LogP contribution < -0.4 is 10.2 Å². The van der Waals surface area contributed by atoms with Crippen molar-refractivity contribution in [1.82, 2.24) is 5.32 Å². The smallest absolute Gasteiger partial charge is 0.231 e. The molecule has 0 aromatic heterocycles. The summed E-state index contributed by atoms with van der Waals surface area (Å²) in [5.74, 6) is 0.515. The van der Waals surface area contributed by atoms with Gasteiger partial charge in [0, 0.05) is 4.90 Å². The molecule has 0 saturated carbocycles. The van der Waals surface area contributed by atoms with Gasteiger partial charge in [0.2, 0.25) is 5.91 Å². The number of quaternary nitrogens is 1. The minimum Gasteiger partial charge on any atom is -0.370 e. The third-order valence-corrected chi connectivity index (χ3v) is 5.36. The first kappa shape index (κ1) is 18.0. The number of carbonyl (C=O) groups excluding carboxylic acids is 1. The van der Waals surface area contributed by atoms with Gasteiger partial charge in [-0.15, -0.1) is 11.8 Å². The average molecular weight is 357 g/mol. The van der Waals surface area contributed by atoms with Crippen LogP contribution in [0.3, 0.4) is 0 Å². The van der Waals surface area contributed by atoms with Gasteiger partial charge in [0.15, 0.2) is 0 Å². The summed E-state index contributed by atoms with van der Waals surface area (Å²) in [5.41, 5.74) is 1.17. The number of hydrogen-bond donors (Lipinski definition) is 2. The first-order chi connectivity index (χ1) is 12.3. The first-order valence-corrected chi connectivity index (χ1v) is 9.73. The maximum absolute atomic E-state index is 12.5. The maximum atomic E-state index is 12.5. The summed E-state index contributed by atoms with van der Waals surface area (Å²) in [7, 11) is 0. The molecule has 25 heavy (non-hydrogen) atoms. The number of rotatable bonds is 7. The predicted molar refractivity (Wildman–Crippen MR) is 101 cm³/mol. The third kappa shape index (κ3) is 5.88. The van der Waals surface area contributed by atoms with Gasteiger partial charge >= 0.3 is 0 Å². The molecule has 2 aromatic carbocycles. The van der Waals surface area contributed by atoms with Gasteiger partial charge in [-0.25, -0.2) is 0 Å². The molecule has 0 aliphatic carbocycles. The second kappa shape index (κ2) is 9.61. The van der Waals surface area contributed by atoms with Crippen LogP contribution in [0.1, 0.15) is 11.6 Å². The van der Waals surface area contributed by atoms with Crippen molar-refractivity contribution in [1.29, 1.82) is 0 Å². The molecule has 1 heterocycles. The van der Waals surface area contributed by atoms with E-state index in [1.807, 2.05) is 48.5 Å². The molecule has 3 rings (SSSR count). The number of hydrogen-bond acceptors (Lipinski definition) is 3. The standard InChI is InChI=1S/C20H24N2O2S/c23-20(16-25-18-9-5-2-6-10-18)21-19(17-7-3-1-4-8-17)15-22-11-13-24-14-12-22/h1-10,19H,11-16H2,(H,21,23)/p+1/t19-/m0/s1. The van der Waals surface area contributed by atoms with E-state index in [1.165, 1.54) is 10.5 Å². The molecule has 0 spiro atoms. The van der Waals surface area contributed by atoms with Crippen molar-refractivity contribution in [3.05, 3.63) is 66.2 Å². The molecule has 1 amide bonds. The van der Waals surface area contributed by atoms with E-state index in [1.54, 1.807) is 11.8 Å². The molecule has 1 atom stereocenters. The van der Waals surface area contributed by atoms with Crippen LogP contribution in [0.4, 0.5) is 0 Å². The second-order valence-corrected chi connectivity index (χ2v) is 7.25. The highest BCUT2D eigenvalue weighted by Gasteiger charge is 2.22. The van der Waals surface area contributed by atoms with Crippen LogP contribution in [-0.2, 0) is 9.53 Å². The number of ether oxygens (including phenoxy) is 1. The van der Waals surface area contributed by atoms with E-state index in [-0.39, 0.29) is 11.9 Å². The van der Waals surface area contributed by atoms with Gasteiger partial charge < -0.3 is 15.0 Å². The SMILES string of the molecule is O=C(CSc1ccccc1)N[C@@H](C[NH+]1CCOCC1)c1ccccc1. The lowest BCUT2D eigenvalue weighted by Gasteiger charge is -2.28. The molecule has 2 N–H and O–H groups in total. The molecule has 0 radical (unpaired) electrons. The van der Waals surface area contributed by atoms with E-state index >= 15 is 0 Å². The molecular formula is C20H25N2O2S+. The van der Waals surface area contributed by atoms with Crippen molar-refractivity contribution >= 4 is 17.7 Å². The van der Waals surface area contributed by atoms with Crippen LogP contribution in [-0.4, -0.2) is 44.5 Å². The lowest BCUT2D eigenvalue weighted by molar-refractivity contribution is -0.909. The lowest BCUT2D eigenvalue weighted by atomic mass is 10.1. The molecule has 1 fully saturated rings. The molecule has 1 aliphatic heterocycles. The number of benzene rings is 2. The third-order valence-electron chi connectivity index (χ3n) is 4.34. The Morgan fingerprint density at radius 2 is 1.68 bits per heavy atom. The van der Waals surface area contributed by atoms with Gasteiger partial charge in [-0.1, -0.05) is 48.5 Å². The van der Waals surface area contributed by atoms with Gasteiger partial charge in [0.1, 0.15) is 25.7 Å². The van der Waals surface area contributed by atoms with Crippen LogP contribution in [0, 0.1) is 0 Å². The van der Waals surface area contributed by atoms with E-state index in [0.717, 1.165) is 37.7 Å². The van der Waals surface area contributed by atoms with Crippen molar-refractivity contribution in [2.45, 2.75) is 10.9 Å². The van der Waals surface area contributed by atoms with Gasteiger partial charge in [0.05, 0.1) is 19.0 Å². The van der Waals surface area contributed by atoms with Crippen LogP contribution in [0.2, 0.25) is 0 Å². The number of carbonyl (C=O) groups is 1. The Bertz CT molecular complexity index is 645. The fourth-order valence-corrected chi connectivity index (χ4v) is 3.72. The van der Waals surface area contributed by atoms with E-state index in [0.29, 0.717) is 5.75 Å². The topological polar surface area (TPSA) is 42.8 Å². The molecule has 0 unspecified atom stereocenters. The zero-order chi connectivity index (χ0) is 17.3. The summed E-state index contributed by atoms with van der Waals surface area (Å²) in [6, 6.07) is 20.3. The van der Waals surface area contributed by atoms with E-state index < -0.39 is 0 Å². The van der Waals surface area contributed by atoms with E-state index in [4.69, 9.17) is 4.74 Å². The summed E-state index contributed by atoms with van der Waals surface area (Å²) in [5, 5.41) is 3.23. The Hall–Kier alpha value is -1.82. The van der Waals surface area contributed by atoms with Crippen molar-refractivity contribution in [2.75, 3.05) is 38.6 Å². The highest BCUT2D eigenvalue weighted by molar-refractivity contribution is 8.00. The van der Waals surface area contributed by atoms with Crippen LogP contribution >= 0.6 is 11.8 Å². The largest absolute Gasteiger partial charge is 0.370 e. The van der Waals surface area contributed by atoms with Crippen molar-refractivity contribution in [3.8, 4) is 0 Å². The predicted octanol–water partition coefficient (Wildman–Crippen LogP) is 1.55. The Balaban J connectivity index is 1.59. The Kier molecular flexibility index (Phi) is 6.91. The molecule has 2 aromatic rings. The van der Waals surface area contributed by atoms with Crippen molar-refractivity contribution in [3.63, 3.8) is 0 Å². The first-order valence-electron chi connectivity index (χ1n) is 8.75. The normalized spacial score (nSPS) is 16.3. The van der Waals surface area contributed by atoms with E-state index in [2.05, 4.69) is 17.4 Å². The summed E-state index contributed by atoms with van der Waals surface area (Å²) >= 11 is 1.57. The Morgan fingerprint density at radius 1 is 1.04 bits per heavy atom. The maximum Gasteiger partial charge on any atom is 0.231 e. The molecule has 4 nitrogen and oxygen atoms in total. The van der Waals surface area contributed by atoms with Gasteiger partial charge in [-0.2, -0.15) is 0 Å². The lowest BCUT2D eigenvalue weighted by Crippen LogP contribution is -3.14. The molecule has 132 valence electrons. The quantitative estimate of drug-likeness (QED) is 0.739. The van der Waals surface area contributed by atoms with Crippen LogP contribution in [0.5, 0.6) is 0 Å². The monoisotopic (exact) mass is 357 g/mol. The fraction of sp³-hybridized carbons (Fsp3) is 0.350. The average Bonchev–Trinajstić information content (AvgIpc) is 2.68. The zero-order valence-corrected chi connectivity index (χ0v) is 15.1. The zero-order valence-electron chi connectivity index (χ0n) is 14.3. The Labute approximate surface area is 153 Å². The van der Waals surface area contributed by atoms with Crippen molar-refractivity contribution in [2.24, 2.45) is 0 Å². The van der Waals surface area contributed by atoms with Crippen LogP contribution in [0.25, 0.3) is 0 Å². The molecule has 1 saturated heterocycles. The van der Waals surface area contributed by atoms with E-state index in [9.17, 15) is 4.79 Å². The molecular weight excluding hydrogens is 332 g/mol. The number of amides is 1. The Morgan fingerprint density at radius 3 is 2.36 bits per heavy atom. The number of thioether (sulfide) groups is 1. The van der Waals surface area contributed by atoms with Gasteiger partial charge in [-0.05, 0) is 17.7 Å². The summed E-state index contributed by atoms with van der Waals surface area (Å²) in [6.07, 6.45) is 0.